The zero-order chi connectivity index (χ0) is 24.6. The molecule has 0 aromatic heterocycles. The highest BCUT2D eigenvalue weighted by molar-refractivity contribution is 6.24. The molecule has 0 radical (unpaired) electrons. The van der Waals surface area contributed by atoms with Gasteiger partial charge in [0.2, 0.25) is 5.78 Å². The lowest BCUT2D eigenvalue weighted by Gasteiger charge is -2.50. The Hall–Kier alpha value is -3.63. The average molecular weight is 456 g/mol. The number of likely N-dealkylation sites (N-methyl/N-ethyl adjacent to an activating group) is 1. The summed E-state index contributed by atoms with van der Waals surface area (Å²) in [6, 6.07) is 1.50. The maximum absolute atomic E-state index is 13.6. The first-order chi connectivity index (χ1) is 15.3. The molecule has 3 aliphatic rings. The van der Waals surface area contributed by atoms with Crippen LogP contribution in [0.15, 0.2) is 35.6 Å². The van der Waals surface area contributed by atoms with E-state index >= 15 is 0 Å². The smallest absolute Gasteiger partial charge is 0.255 e. The number of hydrogen-bond acceptors (Lipinski definition) is 9. The molecule has 0 saturated heterocycles. The van der Waals surface area contributed by atoms with Crippen molar-refractivity contribution in [2.45, 2.75) is 24.5 Å². The van der Waals surface area contributed by atoms with Gasteiger partial charge in [-0.15, -0.1) is 0 Å². The Morgan fingerprint density at radius 1 is 1.21 bits per heavy atom. The normalized spacial score (nSPS) is 29.0. The van der Waals surface area contributed by atoms with E-state index < -0.39 is 58.0 Å². The molecule has 7 N–H and O–H groups in total. The number of nitrogens with zero attached hydrogens (tertiary/aromatic N) is 1. The predicted molar refractivity (Wildman–Crippen MR) is 116 cm³/mol. The second-order valence-corrected chi connectivity index (χ2v) is 8.89. The summed E-state index contributed by atoms with van der Waals surface area (Å²) in [4.78, 5) is 40.0. The van der Waals surface area contributed by atoms with Crippen LogP contribution in [0.25, 0.3) is 11.5 Å². The van der Waals surface area contributed by atoms with Gasteiger partial charge in [-0.05, 0) is 50.6 Å². The van der Waals surface area contributed by atoms with E-state index in [0.717, 1.165) is 0 Å². The molecule has 0 spiro atoms. The molecule has 10 heteroatoms. The zero-order valence-corrected chi connectivity index (χ0v) is 18.0. The van der Waals surface area contributed by atoms with Gasteiger partial charge >= 0.3 is 0 Å². The van der Waals surface area contributed by atoms with Crippen LogP contribution in [0.5, 0.6) is 5.75 Å². The van der Waals surface area contributed by atoms with Crippen LogP contribution in [0.2, 0.25) is 0 Å². The van der Waals surface area contributed by atoms with Crippen LogP contribution >= 0.6 is 0 Å². The third kappa shape index (κ3) is 2.84. The van der Waals surface area contributed by atoms with Gasteiger partial charge in [0.1, 0.15) is 28.6 Å². The van der Waals surface area contributed by atoms with Crippen LogP contribution in [0.3, 0.4) is 0 Å². The highest BCUT2D eigenvalue weighted by Crippen LogP contribution is 2.53. The van der Waals surface area contributed by atoms with Gasteiger partial charge in [0, 0.05) is 17.1 Å². The number of carbonyl (C=O) groups is 3. The Labute approximate surface area is 188 Å². The van der Waals surface area contributed by atoms with Gasteiger partial charge in [-0.2, -0.15) is 0 Å². The number of benzene rings is 1. The van der Waals surface area contributed by atoms with Gasteiger partial charge in [-0.25, -0.2) is 0 Å². The molecule has 33 heavy (non-hydrogen) atoms. The number of aliphatic hydroxyl groups excluding tert-OH is 3. The lowest BCUT2D eigenvalue weighted by atomic mass is 9.57. The molecule has 1 aromatic carbocycles. The highest BCUT2D eigenvalue weighted by Gasteiger charge is 2.64. The number of ketones is 2. The summed E-state index contributed by atoms with van der Waals surface area (Å²) in [6.45, 7) is 3.50. The van der Waals surface area contributed by atoms with Gasteiger partial charge in [-0.1, -0.05) is 6.58 Å². The topological polar surface area (TPSA) is 182 Å². The maximum atomic E-state index is 13.6. The number of hydrogen-bond donors (Lipinski definition) is 6. The van der Waals surface area contributed by atoms with E-state index in [1.807, 2.05) is 0 Å². The summed E-state index contributed by atoms with van der Waals surface area (Å²) in [5.41, 5.74) is 2.01. The molecule has 0 bridgehead atoms. The second kappa shape index (κ2) is 7.19. The molecule has 4 atom stereocenters. The second-order valence-electron chi connectivity index (χ2n) is 8.89. The van der Waals surface area contributed by atoms with Crippen molar-refractivity contribution in [3.8, 4) is 5.75 Å². The van der Waals surface area contributed by atoms with Crippen molar-refractivity contribution < 1.29 is 39.9 Å². The van der Waals surface area contributed by atoms with Gasteiger partial charge < -0.3 is 31.3 Å². The Morgan fingerprint density at radius 2 is 1.85 bits per heavy atom. The van der Waals surface area contributed by atoms with Crippen molar-refractivity contribution in [3.63, 3.8) is 0 Å². The van der Waals surface area contributed by atoms with E-state index in [1.165, 1.54) is 31.1 Å². The summed E-state index contributed by atoms with van der Waals surface area (Å²) in [6.07, 6.45) is 0.0522. The van der Waals surface area contributed by atoms with Crippen molar-refractivity contribution >= 4 is 29.0 Å². The summed E-state index contributed by atoms with van der Waals surface area (Å²) < 4.78 is 0. The summed E-state index contributed by atoms with van der Waals surface area (Å²) >= 11 is 0. The minimum absolute atomic E-state index is 0.0290. The number of primary amides is 1. The summed E-state index contributed by atoms with van der Waals surface area (Å²) in [5.74, 6) is -7.48. The molecule has 3 aliphatic carbocycles. The SMILES string of the molecule is C=C(O)c1ccc(O)c2c1C[C@H]1C[C@H]3[C@@H](N(C)C)C(=O)C(C(N)=O)=C(O)[C@@]3(O)C(=O)C1=C2O. The first-order valence-corrected chi connectivity index (χ1v) is 10.2. The standard InChI is InChI=1S/C23H24N2O8/c1-8(26)10-4-5-13(27)15-11(10)6-9-7-12-17(25(2)3)19(29)16(22(24)32)21(31)23(12,33)20(30)14(9)18(15)28/h4-5,9,12,17,26-28,31,33H,1,6-7H2,2-3H3,(H2,24,32)/t9-,12-,17+,23-/m0/s1. The molecule has 0 aliphatic heterocycles. The molecule has 4 rings (SSSR count). The summed E-state index contributed by atoms with van der Waals surface area (Å²) in [7, 11) is 3.05. The molecular formula is C23H24N2O8. The van der Waals surface area contributed by atoms with Crippen molar-refractivity contribution in [3.05, 3.63) is 52.3 Å². The molecule has 1 aromatic rings. The van der Waals surface area contributed by atoms with Crippen LogP contribution < -0.4 is 5.73 Å². The highest BCUT2D eigenvalue weighted by atomic mass is 16.3. The number of Topliss-reactive ketones (excluding diaryl/α,β-unsaturated/α-hetero) is 2. The van der Waals surface area contributed by atoms with E-state index in [-0.39, 0.29) is 41.1 Å². The number of amides is 1. The Balaban J connectivity index is 2.00. The molecule has 0 heterocycles. The fraction of sp³-hybridized carbons (Fsp3) is 0.348. The molecule has 1 amide bonds. The van der Waals surface area contributed by atoms with Gasteiger partial charge in [0.05, 0.1) is 11.6 Å². The van der Waals surface area contributed by atoms with E-state index in [1.54, 1.807) is 0 Å². The maximum Gasteiger partial charge on any atom is 0.255 e. The van der Waals surface area contributed by atoms with Crippen LogP contribution in [0, 0.1) is 11.8 Å². The average Bonchev–Trinajstić information content (AvgIpc) is 2.70. The minimum atomic E-state index is -2.68. The molecular weight excluding hydrogens is 432 g/mol. The van der Waals surface area contributed by atoms with Crippen molar-refractivity contribution in [1.82, 2.24) is 4.90 Å². The van der Waals surface area contributed by atoms with E-state index in [4.69, 9.17) is 5.73 Å². The molecule has 10 nitrogen and oxygen atoms in total. The van der Waals surface area contributed by atoms with Crippen molar-refractivity contribution in [2.75, 3.05) is 14.1 Å². The van der Waals surface area contributed by atoms with Crippen LogP contribution in [-0.2, 0) is 20.8 Å². The zero-order valence-electron chi connectivity index (χ0n) is 18.0. The first-order valence-electron chi connectivity index (χ1n) is 10.2. The van der Waals surface area contributed by atoms with E-state index in [9.17, 15) is 39.9 Å². The first kappa shape index (κ1) is 22.6. The van der Waals surface area contributed by atoms with E-state index in [0.29, 0.717) is 5.56 Å². The molecule has 1 fully saturated rings. The number of phenolic OH excluding ortho intramolecular Hbond substituents is 1. The molecule has 174 valence electrons. The predicted octanol–water partition coefficient (Wildman–Crippen LogP) is 0.493. The number of rotatable bonds is 3. The van der Waals surface area contributed by atoms with Crippen LogP contribution in [-0.4, -0.2) is 73.6 Å². The monoisotopic (exact) mass is 456 g/mol. The summed E-state index contributed by atoms with van der Waals surface area (Å²) in [5, 5.41) is 53.6. The number of phenols is 1. The van der Waals surface area contributed by atoms with Gasteiger partial charge in [0.15, 0.2) is 11.4 Å². The lowest BCUT2D eigenvalue weighted by Crippen LogP contribution is -2.65. The van der Waals surface area contributed by atoms with E-state index in [2.05, 4.69) is 6.58 Å². The Morgan fingerprint density at radius 3 is 2.39 bits per heavy atom. The number of fused-ring (bicyclic) bond motifs is 3. The van der Waals surface area contributed by atoms with Gasteiger partial charge in [-0.3, -0.25) is 19.3 Å². The third-order valence-electron chi connectivity index (χ3n) is 6.92. The third-order valence-corrected chi connectivity index (χ3v) is 6.92. The van der Waals surface area contributed by atoms with Crippen molar-refractivity contribution in [2.24, 2.45) is 17.6 Å². The number of nitrogens with two attached hydrogens (primary N) is 1. The number of carbonyl (C=O) groups excluding carboxylic acids is 3. The fourth-order valence-corrected chi connectivity index (χ4v) is 5.51. The minimum Gasteiger partial charge on any atom is -0.508 e. The molecule has 1 saturated carbocycles. The van der Waals surface area contributed by atoms with Crippen molar-refractivity contribution in [1.29, 1.82) is 0 Å². The Bertz CT molecular complexity index is 1210. The fourth-order valence-electron chi connectivity index (χ4n) is 5.51. The lowest BCUT2D eigenvalue weighted by molar-refractivity contribution is -0.153. The largest absolute Gasteiger partial charge is 0.508 e. The number of aromatic hydroxyl groups is 1. The number of aliphatic hydroxyl groups is 4. The van der Waals surface area contributed by atoms with Gasteiger partial charge in [0.25, 0.3) is 5.91 Å². The quantitative estimate of drug-likeness (QED) is 0.278. The van der Waals surface area contributed by atoms with Crippen LogP contribution in [0.1, 0.15) is 23.1 Å². The Kier molecular flexibility index (Phi) is 4.91. The molecule has 0 unspecified atom stereocenters. The van der Waals surface area contributed by atoms with Crippen LogP contribution in [0.4, 0.5) is 0 Å².